The first-order valence-corrected chi connectivity index (χ1v) is 6.99. The molecular weight excluding hydrogens is 238 g/mol. The predicted octanol–water partition coefficient (Wildman–Crippen LogP) is 1.47. The van der Waals surface area contributed by atoms with Gasteiger partial charge in [0.15, 0.2) is 5.65 Å². The van der Waals surface area contributed by atoms with Gasteiger partial charge in [0.05, 0.1) is 0 Å². The summed E-state index contributed by atoms with van der Waals surface area (Å²) in [5.41, 5.74) is 2.13. The monoisotopic (exact) mass is 259 g/mol. The van der Waals surface area contributed by atoms with Gasteiger partial charge in [0.25, 0.3) is 0 Å². The van der Waals surface area contributed by atoms with Crippen LogP contribution in [-0.4, -0.2) is 41.3 Å². The fourth-order valence-electron chi connectivity index (χ4n) is 2.73. The minimum atomic E-state index is 0.792. The van der Waals surface area contributed by atoms with Gasteiger partial charge in [-0.3, -0.25) is 0 Å². The van der Waals surface area contributed by atoms with Crippen molar-refractivity contribution < 1.29 is 0 Å². The minimum Gasteiger partial charge on any atom is -0.339 e. The lowest BCUT2D eigenvalue weighted by atomic mass is 9.97. The van der Waals surface area contributed by atoms with E-state index in [1.54, 1.807) is 0 Å². The van der Waals surface area contributed by atoms with Gasteiger partial charge in [0.2, 0.25) is 5.95 Å². The molecule has 0 aromatic carbocycles. The molecule has 1 fully saturated rings. The second-order valence-electron chi connectivity index (χ2n) is 5.41. The van der Waals surface area contributed by atoms with Crippen molar-refractivity contribution in [3.05, 3.63) is 23.9 Å². The third-order valence-electron chi connectivity index (χ3n) is 3.86. The second kappa shape index (κ2) is 5.17. The zero-order valence-corrected chi connectivity index (χ0v) is 11.6. The Bertz CT molecular complexity index is 554. The summed E-state index contributed by atoms with van der Waals surface area (Å²) in [7, 11) is 2.03. The lowest BCUT2D eigenvalue weighted by Gasteiger charge is -2.30. The summed E-state index contributed by atoms with van der Waals surface area (Å²) in [6.07, 6.45) is 4.46. The molecule has 0 unspecified atom stereocenters. The van der Waals surface area contributed by atoms with Crippen LogP contribution in [0.5, 0.6) is 0 Å². The normalized spacial score (nSPS) is 17.3. The number of aryl methyl sites for hydroxylation is 1. The van der Waals surface area contributed by atoms with Crippen LogP contribution in [0.3, 0.4) is 0 Å². The molecule has 5 heteroatoms. The third-order valence-corrected chi connectivity index (χ3v) is 3.86. The maximum absolute atomic E-state index is 4.61. The number of piperidine rings is 1. The van der Waals surface area contributed by atoms with Crippen LogP contribution in [0.4, 0.5) is 5.95 Å². The Morgan fingerprint density at radius 1 is 1.32 bits per heavy atom. The highest BCUT2D eigenvalue weighted by molar-refractivity contribution is 5.45. The first-order chi connectivity index (χ1) is 9.26. The number of pyridine rings is 1. The lowest BCUT2D eigenvalue weighted by Crippen LogP contribution is -2.37. The van der Waals surface area contributed by atoms with E-state index in [-0.39, 0.29) is 0 Å². The van der Waals surface area contributed by atoms with E-state index in [9.17, 15) is 0 Å². The van der Waals surface area contributed by atoms with Crippen LogP contribution in [0.15, 0.2) is 18.3 Å². The van der Waals surface area contributed by atoms with Gasteiger partial charge < -0.3 is 10.2 Å². The highest BCUT2D eigenvalue weighted by Gasteiger charge is 2.21. The third kappa shape index (κ3) is 2.56. The molecule has 0 atom stereocenters. The van der Waals surface area contributed by atoms with Crippen molar-refractivity contribution in [2.24, 2.45) is 5.92 Å². The summed E-state index contributed by atoms with van der Waals surface area (Å²) in [6.45, 7) is 5.31. The standard InChI is InChI=1S/C14H21N5/c1-11-3-4-13-16-14(17-19(13)10-11)18-7-5-12(6-8-18)9-15-2/h3-4,10,12,15H,5-9H2,1-2H3. The highest BCUT2D eigenvalue weighted by atomic mass is 15.4. The van der Waals surface area contributed by atoms with Gasteiger partial charge in [-0.2, -0.15) is 4.98 Å². The van der Waals surface area contributed by atoms with E-state index in [0.29, 0.717) is 0 Å². The molecular formula is C14H21N5. The van der Waals surface area contributed by atoms with Gasteiger partial charge in [0, 0.05) is 19.3 Å². The summed E-state index contributed by atoms with van der Waals surface area (Å²) in [5, 5.41) is 7.85. The van der Waals surface area contributed by atoms with Crippen molar-refractivity contribution in [1.29, 1.82) is 0 Å². The van der Waals surface area contributed by atoms with Crippen molar-refractivity contribution in [3.8, 4) is 0 Å². The molecule has 3 rings (SSSR count). The van der Waals surface area contributed by atoms with Gasteiger partial charge in [-0.05, 0) is 50.9 Å². The van der Waals surface area contributed by atoms with Crippen molar-refractivity contribution in [3.63, 3.8) is 0 Å². The van der Waals surface area contributed by atoms with E-state index < -0.39 is 0 Å². The molecule has 0 bridgehead atoms. The number of hydrogen-bond acceptors (Lipinski definition) is 4. The van der Waals surface area contributed by atoms with Crippen LogP contribution in [0.2, 0.25) is 0 Å². The van der Waals surface area contributed by atoms with Crippen molar-refractivity contribution >= 4 is 11.6 Å². The molecule has 102 valence electrons. The average molecular weight is 259 g/mol. The Labute approximate surface area is 113 Å². The van der Waals surface area contributed by atoms with E-state index >= 15 is 0 Å². The highest BCUT2D eigenvalue weighted by Crippen LogP contribution is 2.20. The van der Waals surface area contributed by atoms with Gasteiger partial charge in [0.1, 0.15) is 0 Å². The maximum Gasteiger partial charge on any atom is 0.245 e. The molecule has 0 spiro atoms. The Morgan fingerprint density at radius 2 is 2.11 bits per heavy atom. The van der Waals surface area contributed by atoms with Gasteiger partial charge in [-0.1, -0.05) is 6.07 Å². The first kappa shape index (κ1) is 12.4. The van der Waals surface area contributed by atoms with Crippen molar-refractivity contribution in [2.75, 3.05) is 31.6 Å². The predicted molar refractivity (Wildman–Crippen MR) is 76.6 cm³/mol. The Hall–Kier alpha value is -1.62. The maximum atomic E-state index is 4.61. The van der Waals surface area contributed by atoms with Crippen LogP contribution in [0, 0.1) is 12.8 Å². The van der Waals surface area contributed by atoms with E-state index in [1.807, 2.05) is 23.8 Å². The molecule has 19 heavy (non-hydrogen) atoms. The zero-order valence-electron chi connectivity index (χ0n) is 11.6. The number of rotatable bonds is 3. The summed E-state index contributed by atoms with van der Waals surface area (Å²) < 4.78 is 1.88. The molecule has 1 aliphatic rings. The molecule has 2 aromatic heterocycles. The largest absolute Gasteiger partial charge is 0.339 e. The number of nitrogens with one attached hydrogen (secondary N) is 1. The average Bonchev–Trinajstić information content (AvgIpc) is 2.83. The summed E-state index contributed by atoms with van der Waals surface area (Å²) >= 11 is 0. The molecule has 2 aromatic rings. The Kier molecular flexibility index (Phi) is 3.38. The van der Waals surface area contributed by atoms with E-state index in [0.717, 1.165) is 37.1 Å². The van der Waals surface area contributed by atoms with Crippen LogP contribution >= 0.6 is 0 Å². The first-order valence-electron chi connectivity index (χ1n) is 6.99. The number of anilines is 1. The Balaban J connectivity index is 1.74. The lowest BCUT2D eigenvalue weighted by molar-refractivity contribution is 0.391. The Morgan fingerprint density at radius 3 is 2.84 bits per heavy atom. The van der Waals surface area contributed by atoms with E-state index in [1.165, 1.54) is 18.4 Å². The van der Waals surface area contributed by atoms with Gasteiger partial charge in [-0.15, -0.1) is 5.10 Å². The number of aromatic nitrogens is 3. The minimum absolute atomic E-state index is 0.792. The topological polar surface area (TPSA) is 45.5 Å². The molecule has 3 heterocycles. The molecule has 0 amide bonds. The van der Waals surface area contributed by atoms with Gasteiger partial charge in [-0.25, -0.2) is 4.52 Å². The molecule has 1 saturated heterocycles. The quantitative estimate of drug-likeness (QED) is 0.907. The van der Waals surface area contributed by atoms with Gasteiger partial charge >= 0.3 is 0 Å². The SMILES string of the molecule is CNCC1CCN(c2nc3ccc(C)cn3n2)CC1. The smallest absolute Gasteiger partial charge is 0.245 e. The van der Waals surface area contributed by atoms with Crippen molar-refractivity contribution in [2.45, 2.75) is 19.8 Å². The molecule has 0 saturated carbocycles. The fourth-order valence-corrected chi connectivity index (χ4v) is 2.73. The van der Waals surface area contributed by atoms with Crippen LogP contribution in [0.1, 0.15) is 18.4 Å². The van der Waals surface area contributed by atoms with E-state index in [4.69, 9.17) is 0 Å². The number of nitrogens with zero attached hydrogens (tertiary/aromatic N) is 4. The van der Waals surface area contributed by atoms with Crippen LogP contribution in [0.25, 0.3) is 5.65 Å². The summed E-state index contributed by atoms with van der Waals surface area (Å²) in [6, 6.07) is 4.10. The second-order valence-corrected chi connectivity index (χ2v) is 5.41. The molecule has 0 aliphatic carbocycles. The fraction of sp³-hybridized carbons (Fsp3) is 0.571. The van der Waals surface area contributed by atoms with Crippen LogP contribution in [-0.2, 0) is 0 Å². The van der Waals surface area contributed by atoms with E-state index in [2.05, 4.69) is 33.3 Å². The summed E-state index contributed by atoms with van der Waals surface area (Å²) in [5.74, 6) is 1.66. The summed E-state index contributed by atoms with van der Waals surface area (Å²) in [4.78, 5) is 6.91. The molecule has 0 radical (unpaired) electrons. The van der Waals surface area contributed by atoms with Crippen LogP contribution < -0.4 is 10.2 Å². The number of hydrogen-bond donors (Lipinski definition) is 1. The molecule has 1 N–H and O–H groups in total. The van der Waals surface area contributed by atoms with Crippen molar-refractivity contribution in [1.82, 2.24) is 19.9 Å². The zero-order chi connectivity index (χ0) is 13.2. The molecule has 1 aliphatic heterocycles. The molecule has 5 nitrogen and oxygen atoms in total. The number of fused-ring (bicyclic) bond motifs is 1.